The quantitative estimate of drug-likeness (QED) is 0.151. The molecule has 44 heavy (non-hydrogen) atoms. The molecule has 0 aliphatic heterocycles. The van der Waals surface area contributed by atoms with Gasteiger partial charge >= 0.3 is 0 Å². The molecule has 9 aromatic rings. The minimum atomic E-state index is -3.53. The van der Waals surface area contributed by atoms with Crippen LogP contribution in [-0.2, 0) is 4.57 Å². The number of hydrogen-bond acceptors (Lipinski definition) is 1. The molecule has 0 amide bonds. The fourth-order valence-electron chi connectivity index (χ4n) is 7.27. The van der Waals surface area contributed by atoms with Crippen molar-refractivity contribution in [3.63, 3.8) is 0 Å². The van der Waals surface area contributed by atoms with Crippen molar-refractivity contribution >= 4 is 87.7 Å². The third-order valence-electron chi connectivity index (χ3n) is 9.26. The summed E-state index contributed by atoms with van der Waals surface area (Å²) in [6, 6.07) is 57.4. The van der Waals surface area contributed by atoms with Crippen molar-refractivity contribution < 1.29 is 4.57 Å². The third-order valence-corrected chi connectivity index (χ3v) is 12.4. The minimum Gasteiger partial charge on any atom is -0.309 e. The monoisotopic (exact) mass is 578 g/mol. The van der Waals surface area contributed by atoms with Crippen LogP contribution in [-0.4, -0.2) is 0 Å². The summed E-state index contributed by atoms with van der Waals surface area (Å²) in [7, 11) is -3.53. The molecule has 1 nitrogen and oxygen atoms in total. The summed E-state index contributed by atoms with van der Waals surface area (Å²) in [6.07, 6.45) is 0. The van der Waals surface area contributed by atoms with Crippen LogP contribution in [0, 0.1) is 0 Å². The van der Waals surface area contributed by atoms with Gasteiger partial charge in [0, 0.05) is 15.9 Å². The van der Waals surface area contributed by atoms with Crippen LogP contribution < -0.4 is 15.9 Å². The second-order valence-corrected chi connectivity index (χ2v) is 14.3. The van der Waals surface area contributed by atoms with Gasteiger partial charge in [0.1, 0.15) is 0 Å². The van der Waals surface area contributed by atoms with E-state index in [4.69, 9.17) is 0 Å². The number of rotatable bonds is 3. The summed E-state index contributed by atoms with van der Waals surface area (Å²) in [5, 5.41) is 15.9. The summed E-state index contributed by atoms with van der Waals surface area (Å²) in [6.45, 7) is 0. The predicted octanol–water partition coefficient (Wildman–Crippen LogP) is 10.2. The Hall–Kier alpha value is -5.23. The second-order valence-electron chi connectivity index (χ2n) is 11.6. The maximum absolute atomic E-state index is 17.0. The van der Waals surface area contributed by atoms with Gasteiger partial charge in [-0.15, -0.1) is 0 Å². The highest BCUT2D eigenvalue weighted by atomic mass is 31.2. The van der Waals surface area contributed by atoms with Gasteiger partial charge in [0.2, 0.25) is 0 Å². The van der Waals surface area contributed by atoms with Gasteiger partial charge in [-0.05, 0) is 82.8 Å². The Kier molecular flexibility index (Phi) is 5.54. The maximum atomic E-state index is 17.0. The molecule has 0 N–H and O–H groups in total. The molecule has 0 fully saturated rings. The SMILES string of the molecule is O=P(c1cc2ccccc2c2ccccc12)(c1cc2ccccc2c2ccccc12)c1cc2ccccc2c2ccccc12. The van der Waals surface area contributed by atoms with Crippen LogP contribution in [0.15, 0.2) is 164 Å². The van der Waals surface area contributed by atoms with Gasteiger partial charge in [0.15, 0.2) is 7.14 Å². The van der Waals surface area contributed by atoms with Gasteiger partial charge < -0.3 is 4.57 Å². The molecule has 0 aliphatic carbocycles. The molecule has 0 spiro atoms. The maximum Gasteiger partial charge on any atom is 0.172 e. The molecular weight excluding hydrogens is 551 g/mol. The molecule has 0 aliphatic rings. The lowest BCUT2D eigenvalue weighted by Gasteiger charge is -2.26. The van der Waals surface area contributed by atoms with Crippen LogP contribution in [0.1, 0.15) is 0 Å². The van der Waals surface area contributed by atoms with Crippen LogP contribution in [0.4, 0.5) is 0 Å². The van der Waals surface area contributed by atoms with E-state index in [-0.39, 0.29) is 0 Å². The Morgan fingerprint density at radius 2 is 0.500 bits per heavy atom. The van der Waals surface area contributed by atoms with Gasteiger partial charge in [-0.3, -0.25) is 0 Å². The zero-order valence-electron chi connectivity index (χ0n) is 23.9. The Balaban J connectivity index is 1.55. The summed E-state index contributed by atoms with van der Waals surface area (Å²) in [4.78, 5) is 0. The first-order chi connectivity index (χ1) is 21.7. The molecule has 0 saturated heterocycles. The van der Waals surface area contributed by atoms with Crippen molar-refractivity contribution in [3.8, 4) is 0 Å². The molecule has 0 heterocycles. The highest BCUT2D eigenvalue weighted by Crippen LogP contribution is 2.50. The standard InChI is InChI=1S/C42H27OP/c43-44(40-25-28-13-1-4-16-31(28)34-19-7-10-22-37(34)40,41-26-29-14-2-5-17-32(29)35-20-8-11-23-38(35)41)42-27-30-15-3-6-18-33(30)36-21-9-12-24-39(36)42/h1-27H. The number of benzene rings is 9. The molecule has 0 radical (unpaired) electrons. The Bertz CT molecular complexity index is 2360. The normalized spacial score (nSPS) is 12.2. The van der Waals surface area contributed by atoms with E-state index < -0.39 is 7.14 Å². The van der Waals surface area contributed by atoms with Gasteiger partial charge in [-0.25, -0.2) is 0 Å². The molecule has 9 rings (SSSR count). The van der Waals surface area contributed by atoms with Crippen molar-refractivity contribution in [1.82, 2.24) is 0 Å². The van der Waals surface area contributed by atoms with Crippen molar-refractivity contribution in [3.05, 3.63) is 164 Å². The van der Waals surface area contributed by atoms with Crippen molar-refractivity contribution in [2.75, 3.05) is 0 Å². The van der Waals surface area contributed by atoms with E-state index in [1.165, 1.54) is 16.2 Å². The molecule has 0 unspecified atom stereocenters. The van der Waals surface area contributed by atoms with Crippen molar-refractivity contribution in [2.24, 2.45) is 0 Å². The fraction of sp³-hybridized carbons (Fsp3) is 0. The third kappa shape index (κ3) is 3.57. The summed E-state index contributed by atoms with van der Waals surface area (Å²) < 4.78 is 17.0. The van der Waals surface area contributed by atoms with Gasteiger partial charge in [0.05, 0.1) is 0 Å². The zero-order valence-corrected chi connectivity index (χ0v) is 24.8. The largest absolute Gasteiger partial charge is 0.309 e. The van der Waals surface area contributed by atoms with Crippen LogP contribution in [0.3, 0.4) is 0 Å². The van der Waals surface area contributed by atoms with Crippen molar-refractivity contribution in [2.45, 2.75) is 0 Å². The van der Waals surface area contributed by atoms with Crippen LogP contribution in [0.25, 0.3) is 64.6 Å². The molecule has 0 atom stereocenters. The Morgan fingerprint density at radius 3 is 0.795 bits per heavy atom. The lowest BCUT2D eigenvalue weighted by atomic mass is 10.0. The van der Waals surface area contributed by atoms with Gasteiger partial charge in [-0.2, -0.15) is 0 Å². The first-order valence-corrected chi connectivity index (χ1v) is 16.8. The summed E-state index contributed by atoms with van der Waals surface area (Å²) in [5.74, 6) is 0. The van der Waals surface area contributed by atoms with E-state index in [0.717, 1.165) is 64.4 Å². The van der Waals surface area contributed by atoms with E-state index in [1.54, 1.807) is 0 Å². The van der Waals surface area contributed by atoms with E-state index >= 15 is 4.57 Å². The molecule has 9 aromatic carbocycles. The van der Waals surface area contributed by atoms with Crippen LogP contribution in [0.5, 0.6) is 0 Å². The summed E-state index contributed by atoms with van der Waals surface area (Å²) in [5.41, 5.74) is 0. The van der Waals surface area contributed by atoms with Crippen LogP contribution >= 0.6 is 7.14 Å². The predicted molar refractivity (Wildman–Crippen MR) is 191 cm³/mol. The molecule has 0 aromatic heterocycles. The second kappa shape index (κ2) is 9.64. The highest BCUT2D eigenvalue weighted by molar-refractivity contribution is 7.86. The average Bonchev–Trinajstić information content (AvgIpc) is 3.10. The number of fused-ring (bicyclic) bond motifs is 9. The molecule has 2 heteroatoms. The van der Waals surface area contributed by atoms with E-state index in [1.807, 2.05) is 0 Å². The molecule has 0 bridgehead atoms. The minimum absolute atomic E-state index is 0.882. The summed E-state index contributed by atoms with van der Waals surface area (Å²) >= 11 is 0. The molecule has 206 valence electrons. The smallest absolute Gasteiger partial charge is 0.172 e. The van der Waals surface area contributed by atoms with E-state index in [0.29, 0.717) is 0 Å². The number of hydrogen-bond donors (Lipinski definition) is 0. The van der Waals surface area contributed by atoms with E-state index in [2.05, 4.69) is 164 Å². The molecular formula is C42H27OP. The van der Waals surface area contributed by atoms with Gasteiger partial charge in [-0.1, -0.05) is 146 Å². The highest BCUT2D eigenvalue weighted by Gasteiger charge is 2.36. The molecule has 0 saturated carbocycles. The Morgan fingerprint density at radius 1 is 0.273 bits per heavy atom. The lowest BCUT2D eigenvalue weighted by molar-refractivity contribution is 0.593. The zero-order chi connectivity index (χ0) is 29.3. The fourth-order valence-corrected chi connectivity index (χ4v) is 10.6. The lowest BCUT2D eigenvalue weighted by Crippen LogP contribution is -2.27. The van der Waals surface area contributed by atoms with Crippen LogP contribution in [0.2, 0.25) is 0 Å². The van der Waals surface area contributed by atoms with E-state index in [9.17, 15) is 0 Å². The first-order valence-electron chi connectivity index (χ1n) is 15.0. The first kappa shape index (κ1) is 25.3. The van der Waals surface area contributed by atoms with Gasteiger partial charge in [0.25, 0.3) is 0 Å². The van der Waals surface area contributed by atoms with Crippen molar-refractivity contribution in [1.29, 1.82) is 0 Å². The topological polar surface area (TPSA) is 17.1 Å². The average molecular weight is 579 g/mol. The Labute approximate surface area is 255 Å².